The number of nitrogens with one attached hydrogen (secondary N) is 1. The largest absolute Gasteiger partial charge is 0.454 e. The molecule has 1 aliphatic heterocycles. The third-order valence-electron chi connectivity index (χ3n) is 3.14. The fraction of sp³-hybridized carbons (Fsp3) is 0.125. The molecule has 2 aromatic rings. The van der Waals surface area contributed by atoms with Crippen molar-refractivity contribution >= 4 is 17.6 Å². The van der Waals surface area contributed by atoms with Crippen LogP contribution in [-0.4, -0.2) is 25.3 Å². The van der Waals surface area contributed by atoms with Gasteiger partial charge in [0.25, 0.3) is 5.91 Å². The van der Waals surface area contributed by atoms with Crippen LogP contribution in [0.2, 0.25) is 0 Å². The van der Waals surface area contributed by atoms with Crippen molar-refractivity contribution < 1.29 is 32.6 Å². The van der Waals surface area contributed by atoms with Crippen LogP contribution < -0.4 is 14.8 Å². The molecule has 0 fully saturated rings. The molecule has 0 aliphatic carbocycles. The summed E-state index contributed by atoms with van der Waals surface area (Å²) in [7, 11) is 0. The van der Waals surface area contributed by atoms with Gasteiger partial charge >= 0.3 is 5.97 Å². The predicted octanol–water partition coefficient (Wildman–Crippen LogP) is 2.49. The molecule has 24 heavy (non-hydrogen) atoms. The number of carbonyl (C=O) groups is 2. The van der Waals surface area contributed by atoms with Crippen molar-refractivity contribution in [1.82, 2.24) is 0 Å². The highest BCUT2D eigenvalue weighted by Gasteiger charge is 2.17. The number of hydrogen-bond acceptors (Lipinski definition) is 5. The fourth-order valence-corrected chi connectivity index (χ4v) is 2.03. The van der Waals surface area contributed by atoms with Gasteiger partial charge in [-0.05, 0) is 30.3 Å². The van der Waals surface area contributed by atoms with Gasteiger partial charge in [-0.1, -0.05) is 0 Å². The van der Waals surface area contributed by atoms with Crippen LogP contribution in [0.4, 0.5) is 14.5 Å². The van der Waals surface area contributed by atoms with Crippen LogP contribution in [0.3, 0.4) is 0 Å². The predicted molar refractivity (Wildman–Crippen MR) is 77.8 cm³/mol. The third-order valence-corrected chi connectivity index (χ3v) is 3.14. The minimum atomic E-state index is -1.13. The molecular weight excluding hydrogens is 324 g/mol. The van der Waals surface area contributed by atoms with Gasteiger partial charge in [0.1, 0.15) is 11.6 Å². The molecule has 8 heteroatoms. The fourth-order valence-electron chi connectivity index (χ4n) is 2.03. The Hall–Kier alpha value is -3.16. The average Bonchev–Trinajstić information content (AvgIpc) is 3.02. The summed E-state index contributed by atoms with van der Waals surface area (Å²) in [5.41, 5.74) is -0.164. The number of amides is 1. The summed E-state index contributed by atoms with van der Waals surface area (Å²) in [4.78, 5) is 23.5. The lowest BCUT2D eigenvalue weighted by Crippen LogP contribution is -2.21. The standard InChI is InChI=1S/C16H11F2NO5/c17-9-1-3-12(18)11(5-9)16(21)22-7-15(20)19-10-2-4-13-14(6-10)24-8-23-13/h1-6H,7-8H2,(H,19,20). The number of esters is 1. The Kier molecular flexibility index (Phi) is 4.28. The van der Waals surface area contributed by atoms with Gasteiger partial charge in [0.15, 0.2) is 18.1 Å². The van der Waals surface area contributed by atoms with Crippen LogP contribution >= 0.6 is 0 Å². The molecule has 124 valence electrons. The molecule has 0 atom stereocenters. The highest BCUT2D eigenvalue weighted by atomic mass is 19.1. The molecule has 2 aromatic carbocycles. The van der Waals surface area contributed by atoms with Crippen molar-refractivity contribution in [1.29, 1.82) is 0 Å². The van der Waals surface area contributed by atoms with E-state index in [1.165, 1.54) is 0 Å². The number of rotatable bonds is 4. The molecule has 0 aromatic heterocycles. The molecule has 0 radical (unpaired) electrons. The average molecular weight is 335 g/mol. The minimum Gasteiger partial charge on any atom is -0.454 e. The van der Waals surface area contributed by atoms with Crippen LogP contribution in [0, 0.1) is 11.6 Å². The summed E-state index contributed by atoms with van der Waals surface area (Å²) >= 11 is 0. The Labute approximate surface area is 134 Å². The molecule has 1 amide bonds. The van der Waals surface area contributed by atoms with Crippen LogP contribution in [-0.2, 0) is 9.53 Å². The van der Waals surface area contributed by atoms with Crippen LogP contribution in [0.15, 0.2) is 36.4 Å². The van der Waals surface area contributed by atoms with Crippen LogP contribution in [0.5, 0.6) is 11.5 Å². The first-order valence-electron chi connectivity index (χ1n) is 6.84. The molecule has 1 aliphatic rings. The minimum absolute atomic E-state index is 0.101. The van der Waals surface area contributed by atoms with Gasteiger partial charge in [-0.25, -0.2) is 13.6 Å². The normalized spacial score (nSPS) is 11.9. The number of ether oxygens (including phenoxy) is 3. The van der Waals surface area contributed by atoms with E-state index in [1.807, 2.05) is 0 Å². The van der Waals surface area contributed by atoms with Crippen LogP contribution in [0.25, 0.3) is 0 Å². The maximum absolute atomic E-state index is 13.4. The Balaban J connectivity index is 1.57. The number of halogens is 2. The molecule has 0 spiro atoms. The summed E-state index contributed by atoms with van der Waals surface area (Å²) in [6, 6.07) is 7.13. The second kappa shape index (κ2) is 6.53. The van der Waals surface area contributed by atoms with E-state index in [4.69, 9.17) is 9.47 Å². The third kappa shape index (κ3) is 3.43. The van der Waals surface area contributed by atoms with Crippen molar-refractivity contribution in [2.24, 2.45) is 0 Å². The van der Waals surface area contributed by atoms with E-state index in [1.54, 1.807) is 18.2 Å². The maximum atomic E-state index is 13.4. The zero-order chi connectivity index (χ0) is 17.1. The lowest BCUT2D eigenvalue weighted by atomic mass is 10.2. The van der Waals surface area contributed by atoms with Crippen molar-refractivity contribution in [2.45, 2.75) is 0 Å². The van der Waals surface area contributed by atoms with E-state index in [2.05, 4.69) is 10.1 Å². The van der Waals surface area contributed by atoms with E-state index >= 15 is 0 Å². The summed E-state index contributed by atoms with van der Waals surface area (Å²) in [6.07, 6.45) is 0. The molecule has 0 saturated carbocycles. The first-order valence-corrected chi connectivity index (χ1v) is 6.84. The summed E-state index contributed by atoms with van der Waals surface area (Å²) in [5.74, 6) is -2.45. The molecule has 0 saturated heterocycles. The van der Waals surface area contributed by atoms with E-state index in [0.717, 1.165) is 12.1 Å². The van der Waals surface area contributed by atoms with Crippen molar-refractivity contribution in [3.8, 4) is 11.5 Å². The first-order chi connectivity index (χ1) is 11.5. The zero-order valence-corrected chi connectivity index (χ0v) is 12.2. The molecule has 1 heterocycles. The van der Waals surface area contributed by atoms with Crippen molar-refractivity contribution in [3.63, 3.8) is 0 Å². The molecule has 6 nitrogen and oxygen atoms in total. The lowest BCUT2D eigenvalue weighted by molar-refractivity contribution is -0.119. The van der Waals surface area contributed by atoms with Gasteiger partial charge in [0, 0.05) is 11.8 Å². The Morgan fingerprint density at radius 3 is 2.71 bits per heavy atom. The highest BCUT2D eigenvalue weighted by Crippen LogP contribution is 2.34. The first kappa shape index (κ1) is 15.7. The lowest BCUT2D eigenvalue weighted by Gasteiger charge is -2.08. The van der Waals surface area contributed by atoms with Crippen molar-refractivity contribution in [2.75, 3.05) is 18.7 Å². The van der Waals surface area contributed by atoms with Crippen LogP contribution in [0.1, 0.15) is 10.4 Å². The topological polar surface area (TPSA) is 73.9 Å². The van der Waals surface area contributed by atoms with E-state index < -0.39 is 35.7 Å². The van der Waals surface area contributed by atoms with Gasteiger partial charge in [0.2, 0.25) is 6.79 Å². The Bertz CT molecular complexity index is 809. The van der Waals surface area contributed by atoms with E-state index in [0.29, 0.717) is 23.3 Å². The number of benzene rings is 2. The summed E-state index contributed by atoms with van der Waals surface area (Å²) in [5, 5.41) is 2.48. The highest BCUT2D eigenvalue weighted by molar-refractivity contribution is 5.95. The second-order valence-electron chi connectivity index (χ2n) is 4.82. The van der Waals surface area contributed by atoms with Crippen molar-refractivity contribution in [3.05, 3.63) is 53.6 Å². The summed E-state index contributed by atoms with van der Waals surface area (Å²) in [6.45, 7) is -0.549. The molecular formula is C16H11F2NO5. The quantitative estimate of drug-likeness (QED) is 0.869. The van der Waals surface area contributed by atoms with Gasteiger partial charge < -0.3 is 19.5 Å². The van der Waals surface area contributed by atoms with E-state index in [9.17, 15) is 18.4 Å². The molecule has 0 unspecified atom stereocenters. The Morgan fingerprint density at radius 2 is 1.88 bits per heavy atom. The number of carbonyl (C=O) groups excluding carboxylic acids is 2. The maximum Gasteiger partial charge on any atom is 0.341 e. The molecule has 3 rings (SSSR count). The number of hydrogen-bond donors (Lipinski definition) is 1. The monoisotopic (exact) mass is 335 g/mol. The van der Waals surface area contributed by atoms with Gasteiger partial charge in [-0.3, -0.25) is 4.79 Å². The second-order valence-corrected chi connectivity index (χ2v) is 4.82. The van der Waals surface area contributed by atoms with Gasteiger partial charge in [0.05, 0.1) is 5.56 Å². The number of anilines is 1. The molecule has 1 N–H and O–H groups in total. The van der Waals surface area contributed by atoms with Gasteiger partial charge in [-0.2, -0.15) is 0 Å². The SMILES string of the molecule is O=C(COC(=O)c1cc(F)ccc1F)Nc1ccc2c(c1)OCO2. The molecule has 0 bridgehead atoms. The number of fused-ring (bicyclic) bond motifs is 1. The zero-order valence-electron chi connectivity index (χ0n) is 12.2. The van der Waals surface area contributed by atoms with E-state index in [-0.39, 0.29) is 6.79 Å². The summed E-state index contributed by atoms with van der Waals surface area (Å²) < 4.78 is 41.4. The Morgan fingerprint density at radius 1 is 1.08 bits per heavy atom. The smallest absolute Gasteiger partial charge is 0.341 e. The van der Waals surface area contributed by atoms with Gasteiger partial charge in [-0.15, -0.1) is 0 Å².